The Morgan fingerprint density at radius 3 is 2.41 bits per heavy atom. The van der Waals surface area contributed by atoms with E-state index in [1.807, 2.05) is 0 Å². The Morgan fingerprint density at radius 1 is 1.14 bits per heavy atom. The molecule has 0 saturated carbocycles. The summed E-state index contributed by atoms with van der Waals surface area (Å²) in [6.45, 7) is 0.902. The van der Waals surface area contributed by atoms with Crippen LogP contribution < -0.4 is 4.74 Å². The molecule has 0 bridgehead atoms. The number of aromatic nitrogens is 3. The van der Waals surface area contributed by atoms with Crippen LogP contribution in [-0.4, -0.2) is 47.9 Å². The van der Waals surface area contributed by atoms with E-state index in [-0.39, 0.29) is 10.9 Å². The molecule has 1 fully saturated rings. The first-order chi connectivity index (χ1) is 10.6. The Labute approximate surface area is 129 Å². The maximum atomic E-state index is 12.8. The number of para-hydroxylation sites is 1. The van der Waals surface area contributed by atoms with E-state index in [4.69, 9.17) is 4.74 Å². The van der Waals surface area contributed by atoms with Gasteiger partial charge in [-0.15, -0.1) is 0 Å². The van der Waals surface area contributed by atoms with Gasteiger partial charge in [0.2, 0.25) is 10.0 Å². The van der Waals surface area contributed by atoms with Gasteiger partial charge in [0.25, 0.3) is 0 Å². The van der Waals surface area contributed by atoms with Crippen LogP contribution in [0.4, 0.5) is 0 Å². The normalized spacial score (nSPS) is 17.5. The molecule has 0 atom stereocenters. The standard InChI is InChI=1S/C14H18N4O3S/c1-21-13-4-2-3-5-14(13)22(19,20)17-10-6-12(7-11-17)18-15-8-9-16-18/h2-5,8-9,12H,6-7,10-11H2,1H3. The van der Waals surface area contributed by atoms with Crippen LogP contribution in [0.25, 0.3) is 0 Å². The van der Waals surface area contributed by atoms with Crippen LogP contribution in [0.15, 0.2) is 41.6 Å². The van der Waals surface area contributed by atoms with Crippen LogP contribution in [0.2, 0.25) is 0 Å². The van der Waals surface area contributed by atoms with Crippen molar-refractivity contribution in [2.45, 2.75) is 23.8 Å². The molecule has 0 unspecified atom stereocenters. The number of ether oxygens (including phenoxy) is 1. The Bertz CT molecular complexity index is 722. The van der Waals surface area contributed by atoms with Crippen molar-refractivity contribution < 1.29 is 13.2 Å². The van der Waals surface area contributed by atoms with Gasteiger partial charge in [-0.05, 0) is 25.0 Å². The summed E-state index contributed by atoms with van der Waals surface area (Å²) in [4.78, 5) is 1.88. The highest BCUT2D eigenvalue weighted by molar-refractivity contribution is 7.89. The van der Waals surface area contributed by atoms with Crippen LogP contribution in [0.5, 0.6) is 5.75 Å². The molecule has 0 amide bonds. The van der Waals surface area contributed by atoms with Crippen molar-refractivity contribution in [3.63, 3.8) is 0 Å². The van der Waals surface area contributed by atoms with Gasteiger partial charge in [0, 0.05) is 13.1 Å². The second-order valence-corrected chi connectivity index (χ2v) is 7.04. The molecule has 1 aromatic carbocycles. The third kappa shape index (κ3) is 2.71. The number of rotatable bonds is 4. The average Bonchev–Trinajstić information content (AvgIpc) is 3.09. The van der Waals surface area contributed by atoms with E-state index in [2.05, 4.69) is 10.2 Å². The summed E-state index contributed by atoms with van der Waals surface area (Å²) < 4.78 is 32.2. The molecular weight excluding hydrogens is 304 g/mol. The lowest BCUT2D eigenvalue weighted by Crippen LogP contribution is -2.39. The van der Waals surface area contributed by atoms with E-state index in [1.54, 1.807) is 41.5 Å². The molecule has 0 spiro atoms. The fourth-order valence-electron chi connectivity index (χ4n) is 2.70. The lowest BCUT2D eigenvalue weighted by atomic mass is 10.1. The molecule has 1 aromatic heterocycles. The number of benzene rings is 1. The Hall–Kier alpha value is -1.93. The average molecular weight is 322 g/mol. The van der Waals surface area contributed by atoms with E-state index in [0.717, 1.165) is 0 Å². The van der Waals surface area contributed by atoms with Crippen molar-refractivity contribution >= 4 is 10.0 Å². The van der Waals surface area contributed by atoms with E-state index >= 15 is 0 Å². The monoisotopic (exact) mass is 322 g/mol. The number of hydrogen-bond acceptors (Lipinski definition) is 5. The zero-order chi connectivity index (χ0) is 15.6. The molecule has 1 saturated heterocycles. The Morgan fingerprint density at radius 2 is 1.77 bits per heavy atom. The maximum Gasteiger partial charge on any atom is 0.246 e. The van der Waals surface area contributed by atoms with Crippen molar-refractivity contribution in [2.75, 3.05) is 20.2 Å². The quantitative estimate of drug-likeness (QED) is 0.848. The molecule has 1 aliphatic rings. The van der Waals surface area contributed by atoms with Crippen LogP contribution in [0.1, 0.15) is 18.9 Å². The summed E-state index contributed by atoms with van der Waals surface area (Å²) in [5, 5.41) is 8.26. The third-order valence-corrected chi connectivity index (χ3v) is 5.81. The molecule has 7 nitrogen and oxygen atoms in total. The van der Waals surface area contributed by atoms with Crippen LogP contribution in [-0.2, 0) is 10.0 Å². The molecule has 1 aliphatic heterocycles. The van der Waals surface area contributed by atoms with Gasteiger partial charge in [-0.2, -0.15) is 19.3 Å². The summed E-state index contributed by atoms with van der Waals surface area (Å²) in [6.07, 6.45) is 4.67. The largest absolute Gasteiger partial charge is 0.495 e. The Kier molecular flexibility index (Phi) is 4.12. The third-order valence-electron chi connectivity index (χ3n) is 3.87. The smallest absolute Gasteiger partial charge is 0.246 e. The minimum Gasteiger partial charge on any atom is -0.495 e. The summed E-state index contributed by atoms with van der Waals surface area (Å²) in [6, 6.07) is 6.85. The number of hydrogen-bond donors (Lipinski definition) is 0. The van der Waals surface area contributed by atoms with Gasteiger partial charge in [-0.25, -0.2) is 8.42 Å². The van der Waals surface area contributed by atoms with Crippen molar-refractivity contribution in [1.29, 1.82) is 0 Å². The van der Waals surface area contributed by atoms with Crippen molar-refractivity contribution in [1.82, 2.24) is 19.3 Å². The lowest BCUT2D eigenvalue weighted by Gasteiger charge is -2.30. The van der Waals surface area contributed by atoms with E-state index in [0.29, 0.717) is 31.7 Å². The maximum absolute atomic E-state index is 12.8. The first-order valence-electron chi connectivity index (χ1n) is 7.12. The van der Waals surface area contributed by atoms with E-state index < -0.39 is 10.0 Å². The van der Waals surface area contributed by atoms with Crippen molar-refractivity contribution in [2.24, 2.45) is 0 Å². The van der Waals surface area contributed by atoms with E-state index in [1.165, 1.54) is 11.4 Å². The van der Waals surface area contributed by atoms with Crippen molar-refractivity contribution in [3.05, 3.63) is 36.7 Å². The summed E-state index contributed by atoms with van der Waals surface area (Å²) >= 11 is 0. The zero-order valence-corrected chi connectivity index (χ0v) is 13.1. The van der Waals surface area contributed by atoms with Crippen molar-refractivity contribution in [3.8, 4) is 5.75 Å². The van der Waals surface area contributed by atoms with Crippen LogP contribution in [0.3, 0.4) is 0 Å². The molecule has 2 aromatic rings. The predicted octanol–water partition coefficient (Wildman–Crippen LogP) is 1.31. The summed E-state index contributed by atoms with van der Waals surface area (Å²) in [5.41, 5.74) is 0. The van der Waals surface area contributed by atoms with Gasteiger partial charge >= 0.3 is 0 Å². The summed E-state index contributed by atoms with van der Waals surface area (Å²) in [7, 11) is -2.06. The lowest BCUT2D eigenvalue weighted by molar-refractivity contribution is 0.244. The van der Waals surface area contributed by atoms with Crippen LogP contribution >= 0.6 is 0 Å². The minimum atomic E-state index is -3.54. The highest BCUT2D eigenvalue weighted by Gasteiger charge is 2.32. The second kappa shape index (κ2) is 6.05. The van der Waals surface area contributed by atoms with Gasteiger partial charge in [0.15, 0.2) is 0 Å². The number of sulfonamides is 1. The van der Waals surface area contributed by atoms with Gasteiger partial charge in [-0.1, -0.05) is 12.1 Å². The molecule has 0 aliphatic carbocycles. The number of methoxy groups -OCH3 is 1. The molecule has 0 N–H and O–H groups in total. The highest BCUT2D eigenvalue weighted by Crippen LogP contribution is 2.30. The molecule has 2 heterocycles. The Balaban J connectivity index is 1.77. The zero-order valence-electron chi connectivity index (χ0n) is 12.3. The molecule has 8 heteroatoms. The molecule has 3 rings (SSSR count). The number of nitrogens with zero attached hydrogens (tertiary/aromatic N) is 4. The van der Waals surface area contributed by atoms with Crippen LogP contribution in [0, 0.1) is 0 Å². The predicted molar refractivity (Wildman–Crippen MR) is 80.0 cm³/mol. The molecular formula is C14H18N4O3S. The SMILES string of the molecule is COc1ccccc1S(=O)(=O)N1CCC(n2nccn2)CC1. The van der Waals surface area contributed by atoms with Gasteiger partial charge < -0.3 is 4.74 Å². The fourth-order valence-corrected chi connectivity index (χ4v) is 4.32. The fraction of sp³-hybridized carbons (Fsp3) is 0.429. The number of piperidine rings is 1. The summed E-state index contributed by atoms with van der Waals surface area (Å²) in [5.74, 6) is 0.373. The van der Waals surface area contributed by atoms with E-state index in [9.17, 15) is 8.42 Å². The van der Waals surface area contributed by atoms with Gasteiger partial charge in [0.05, 0.1) is 25.5 Å². The second-order valence-electron chi connectivity index (χ2n) is 5.14. The molecule has 22 heavy (non-hydrogen) atoms. The molecule has 0 radical (unpaired) electrons. The first-order valence-corrected chi connectivity index (χ1v) is 8.56. The molecule has 118 valence electrons. The minimum absolute atomic E-state index is 0.152. The highest BCUT2D eigenvalue weighted by atomic mass is 32.2. The van der Waals surface area contributed by atoms with Gasteiger partial charge in [0.1, 0.15) is 10.6 Å². The topological polar surface area (TPSA) is 77.3 Å². The first kappa shape index (κ1) is 15.0. The van der Waals surface area contributed by atoms with Gasteiger partial charge in [-0.3, -0.25) is 0 Å².